The number of rotatable bonds is 3. The first-order chi connectivity index (χ1) is 7.97. The lowest BCUT2D eigenvalue weighted by molar-refractivity contribution is -0.130. The van der Waals surface area contributed by atoms with Gasteiger partial charge in [0.15, 0.2) is 0 Å². The van der Waals surface area contributed by atoms with Crippen LogP contribution in [0.3, 0.4) is 0 Å². The van der Waals surface area contributed by atoms with Gasteiger partial charge in [-0.05, 0) is 19.3 Å². The summed E-state index contributed by atoms with van der Waals surface area (Å²) in [4.78, 5) is 13.2. The van der Waals surface area contributed by atoms with Crippen molar-refractivity contribution in [2.24, 2.45) is 0 Å². The summed E-state index contributed by atoms with van der Waals surface area (Å²) in [5.41, 5.74) is 0. The highest BCUT2D eigenvalue weighted by molar-refractivity contribution is 8.14. The zero-order valence-electron chi connectivity index (χ0n) is 9.47. The molecule has 0 spiro atoms. The maximum atomic E-state index is 11.7. The van der Waals surface area contributed by atoms with Crippen LogP contribution in [0.1, 0.15) is 25.7 Å². The summed E-state index contributed by atoms with van der Waals surface area (Å²) in [5.74, 6) is -0.145. The Labute approximate surface area is 105 Å². The van der Waals surface area contributed by atoms with Crippen LogP contribution in [0.5, 0.6) is 0 Å². The molecule has 2 fully saturated rings. The number of carbonyl (C=O) groups is 1. The molecule has 0 radical (unpaired) electrons. The molecule has 1 amide bonds. The molecule has 2 saturated heterocycles. The predicted molar refractivity (Wildman–Crippen MR) is 63.3 cm³/mol. The lowest BCUT2D eigenvalue weighted by Gasteiger charge is -2.27. The van der Waals surface area contributed by atoms with E-state index in [-0.39, 0.29) is 25.0 Å². The Morgan fingerprint density at radius 3 is 2.71 bits per heavy atom. The molecule has 2 aliphatic rings. The summed E-state index contributed by atoms with van der Waals surface area (Å²) in [6, 6.07) is 0. The number of hydrogen-bond donors (Lipinski definition) is 0. The molecule has 0 bridgehead atoms. The van der Waals surface area contributed by atoms with Gasteiger partial charge in [-0.2, -0.15) is 0 Å². The average Bonchev–Trinajstić information content (AvgIpc) is 2.62. The smallest absolute Gasteiger partial charge is 0.237 e. The summed E-state index contributed by atoms with van der Waals surface area (Å²) in [5, 5.41) is -0.764. The highest BCUT2D eigenvalue weighted by Crippen LogP contribution is 2.23. The van der Waals surface area contributed by atoms with Crippen LogP contribution in [-0.4, -0.2) is 50.3 Å². The first-order valence-corrected chi connectivity index (χ1v) is 8.17. The Hall–Kier alpha value is -0.330. The van der Waals surface area contributed by atoms with Gasteiger partial charge in [0.1, 0.15) is 5.25 Å². The van der Waals surface area contributed by atoms with Crippen LogP contribution in [-0.2, 0) is 18.6 Å². The van der Waals surface area contributed by atoms with Crippen molar-refractivity contribution in [3.05, 3.63) is 0 Å². The van der Waals surface area contributed by atoms with E-state index in [1.54, 1.807) is 4.90 Å². The molecule has 2 atom stereocenters. The van der Waals surface area contributed by atoms with Crippen LogP contribution in [0.2, 0.25) is 0 Å². The number of amides is 1. The molecular formula is C10H16ClNO4S. The minimum atomic E-state index is -3.64. The molecule has 2 rings (SSSR count). The second-order valence-corrected chi connectivity index (χ2v) is 7.50. The maximum absolute atomic E-state index is 11.7. The van der Waals surface area contributed by atoms with E-state index in [0.29, 0.717) is 6.54 Å². The molecule has 0 N–H and O–H groups in total. The lowest BCUT2D eigenvalue weighted by Crippen LogP contribution is -2.37. The topological polar surface area (TPSA) is 63.7 Å². The second-order valence-electron chi connectivity index (χ2n) is 4.59. The molecular weight excluding hydrogens is 266 g/mol. The van der Waals surface area contributed by atoms with Crippen molar-refractivity contribution in [3.63, 3.8) is 0 Å². The summed E-state index contributed by atoms with van der Waals surface area (Å²) >= 11 is 0. The van der Waals surface area contributed by atoms with Crippen molar-refractivity contribution >= 4 is 25.6 Å². The molecule has 0 saturated carbocycles. The number of hydrogen-bond acceptors (Lipinski definition) is 4. The van der Waals surface area contributed by atoms with Crippen LogP contribution in [0.4, 0.5) is 0 Å². The molecule has 0 aromatic rings. The molecule has 2 aliphatic heterocycles. The van der Waals surface area contributed by atoms with Crippen molar-refractivity contribution in [1.29, 1.82) is 0 Å². The van der Waals surface area contributed by atoms with Gasteiger partial charge in [0.2, 0.25) is 15.0 Å². The van der Waals surface area contributed by atoms with Crippen molar-refractivity contribution < 1.29 is 17.9 Å². The van der Waals surface area contributed by atoms with E-state index in [9.17, 15) is 13.2 Å². The van der Waals surface area contributed by atoms with Crippen LogP contribution in [0.25, 0.3) is 0 Å². The van der Waals surface area contributed by atoms with Gasteiger partial charge in [-0.1, -0.05) is 0 Å². The minimum absolute atomic E-state index is 0.00144. The first kappa shape index (κ1) is 13.1. The summed E-state index contributed by atoms with van der Waals surface area (Å²) < 4.78 is 27.9. The lowest BCUT2D eigenvalue weighted by atomic mass is 10.1. The van der Waals surface area contributed by atoms with E-state index in [2.05, 4.69) is 0 Å². The Balaban J connectivity index is 1.92. The third-order valence-electron chi connectivity index (χ3n) is 3.28. The molecule has 17 heavy (non-hydrogen) atoms. The largest absolute Gasteiger partial charge is 0.376 e. The van der Waals surface area contributed by atoms with Gasteiger partial charge in [0.25, 0.3) is 0 Å². The number of nitrogens with zero attached hydrogens (tertiary/aromatic N) is 1. The van der Waals surface area contributed by atoms with Gasteiger partial charge >= 0.3 is 0 Å². The SMILES string of the molecule is O=C1CC(S(=O)(=O)Cl)CN1CC1CCCCO1. The molecule has 98 valence electrons. The highest BCUT2D eigenvalue weighted by Gasteiger charge is 2.38. The standard InChI is InChI=1S/C10H16ClNO4S/c11-17(14,15)9-5-10(13)12(7-9)6-8-3-1-2-4-16-8/h8-9H,1-7H2. The van der Waals surface area contributed by atoms with Gasteiger partial charge in [-0.3, -0.25) is 4.79 Å². The van der Waals surface area contributed by atoms with Gasteiger partial charge in [0.05, 0.1) is 6.10 Å². The van der Waals surface area contributed by atoms with Crippen molar-refractivity contribution in [2.75, 3.05) is 19.7 Å². The average molecular weight is 282 g/mol. The fraction of sp³-hybridized carbons (Fsp3) is 0.900. The molecule has 7 heteroatoms. The van der Waals surface area contributed by atoms with E-state index in [1.807, 2.05) is 0 Å². The maximum Gasteiger partial charge on any atom is 0.237 e. The minimum Gasteiger partial charge on any atom is -0.376 e. The zero-order valence-corrected chi connectivity index (χ0v) is 11.0. The Morgan fingerprint density at radius 1 is 1.41 bits per heavy atom. The third kappa shape index (κ3) is 3.33. The van der Waals surface area contributed by atoms with Gasteiger partial charge in [0, 0.05) is 36.8 Å². The van der Waals surface area contributed by atoms with Crippen LogP contribution in [0.15, 0.2) is 0 Å². The van der Waals surface area contributed by atoms with Crippen LogP contribution < -0.4 is 0 Å². The molecule has 0 aliphatic carbocycles. The van der Waals surface area contributed by atoms with Crippen molar-refractivity contribution in [1.82, 2.24) is 4.90 Å². The van der Waals surface area contributed by atoms with Crippen LogP contribution in [0, 0.1) is 0 Å². The van der Waals surface area contributed by atoms with E-state index >= 15 is 0 Å². The highest BCUT2D eigenvalue weighted by atomic mass is 35.7. The zero-order chi connectivity index (χ0) is 12.5. The normalized spacial score (nSPS) is 30.9. The summed E-state index contributed by atoms with van der Waals surface area (Å²) in [6.45, 7) is 1.41. The number of halogens is 1. The Morgan fingerprint density at radius 2 is 2.18 bits per heavy atom. The van der Waals surface area contributed by atoms with E-state index < -0.39 is 14.3 Å². The third-order valence-corrected chi connectivity index (χ3v) is 5.14. The summed E-state index contributed by atoms with van der Waals surface area (Å²) in [6.07, 6.45) is 3.14. The monoisotopic (exact) mass is 281 g/mol. The van der Waals surface area contributed by atoms with Gasteiger partial charge in [-0.25, -0.2) is 8.42 Å². The van der Waals surface area contributed by atoms with Crippen LogP contribution >= 0.6 is 10.7 Å². The van der Waals surface area contributed by atoms with Crippen molar-refractivity contribution in [3.8, 4) is 0 Å². The van der Waals surface area contributed by atoms with E-state index in [0.717, 1.165) is 25.9 Å². The van der Waals surface area contributed by atoms with E-state index in [4.69, 9.17) is 15.4 Å². The fourth-order valence-electron chi connectivity index (χ4n) is 2.30. The Bertz CT molecular complexity index is 391. The molecule has 0 aromatic carbocycles. The molecule has 2 unspecified atom stereocenters. The molecule has 5 nitrogen and oxygen atoms in total. The second kappa shape index (κ2) is 5.12. The molecule has 0 aromatic heterocycles. The number of carbonyl (C=O) groups excluding carboxylic acids is 1. The van der Waals surface area contributed by atoms with Gasteiger partial charge in [-0.15, -0.1) is 0 Å². The van der Waals surface area contributed by atoms with Gasteiger partial charge < -0.3 is 9.64 Å². The van der Waals surface area contributed by atoms with Crippen molar-refractivity contribution in [2.45, 2.75) is 37.0 Å². The number of likely N-dealkylation sites (tertiary alicyclic amines) is 1. The number of ether oxygens (including phenoxy) is 1. The van der Waals surface area contributed by atoms with E-state index in [1.165, 1.54) is 0 Å². The quantitative estimate of drug-likeness (QED) is 0.715. The predicted octanol–water partition coefficient (Wildman–Crippen LogP) is 0.725. The Kier molecular flexibility index (Phi) is 3.95. The summed E-state index contributed by atoms with van der Waals surface area (Å²) in [7, 11) is 1.63. The molecule has 2 heterocycles. The first-order valence-electron chi connectivity index (χ1n) is 5.79. The fourth-order valence-corrected chi connectivity index (χ4v) is 3.36.